The Morgan fingerprint density at radius 2 is 2.39 bits per heavy atom. The molecule has 3 N–H and O–H groups in total. The summed E-state index contributed by atoms with van der Waals surface area (Å²) in [7, 11) is 0. The first-order chi connectivity index (χ1) is 8.65. The van der Waals surface area contributed by atoms with Crippen LogP contribution in [0.15, 0.2) is 12.1 Å². The number of nitrogens with one attached hydrogen (secondary N) is 1. The van der Waals surface area contributed by atoms with Gasteiger partial charge in [0.15, 0.2) is 0 Å². The molecule has 1 aromatic heterocycles. The minimum Gasteiger partial charge on any atom is -0.473 e. The summed E-state index contributed by atoms with van der Waals surface area (Å²) in [5, 5.41) is 3.37. The number of pyridine rings is 1. The van der Waals surface area contributed by atoms with E-state index in [2.05, 4.69) is 10.3 Å². The van der Waals surface area contributed by atoms with Gasteiger partial charge in [-0.15, -0.1) is 0 Å². The van der Waals surface area contributed by atoms with E-state index in [9.17, 15) is 0 Å². The van der Waals surface area contributed by atoms with E-state index in [1.54, 1.807) is 0 Å². The largest absolute Gasteiger partial charge is 0.473 e. The monoisotopic (exact) mass is 267 g/mol. The first kappa shape index (κ1) is 13.3. The maximum Gasteiger partial charge on any atom is 0.239 e. The summed E-state index contributed by atoms with van der Waals surface area (Å²) < 4.78 is 5.58. The molecule has 4 nitrogen and oxygen atoms in total. The molecule has 18 heavy (non-hydrogen) atoms. The summed E-state index contributed by atoms with van der Waals surface area (Å²) in [5.74, 6) is 4.65. The Labute approximate surface area is 113 Å². The molecule has 0 aromatic carbocycles. The van der Waals surface area contributed by atoms with Crippen LogP contribution in [0, 0.1) is 5.92 Å². The van der Waals surface area contributed by atoms with E-state index in [0.717, 1.165) is 18.3 Å². The second kappa shape index (κ2) is 6.18. The van der Waals surface area contributed by atoms with Gasteiger partial charge >= 0.3 is 0 Å². The van der Waals surface area contributed by atoms with Gasteiger partial charge in [-0.2, -0.15) is 16.7 Å². The van der Waals surface area contributed by atoms with Crippen molar-refractivity contribution >= 4 is 23.3 Å². The van der Waals surface area contributed by atoms with Crippen LogP contribution in [-0.2, 0) is 0 Å². The molecule has 5 heteroatoms. The van der Waals surface area contributed by atoms with Gasteiger partial charge in [0.2, 0.25) is 5.88 Å². The zero-order valence-electron chi connectivity index (χ0n) is 11.0. The summed E-state index contributed by atoms with van der Waals surface area (Å²) in [6.45, 7) is 4.92. The Bertz CT molecular complexity index is 392. The van der Waals surface area contributed by atoms with Crippen molar-refractivity contribution in [2.24, 2.45) is 5.92 Å². The van der Waals surface area contributed by atoms with Crippen molar-refractivity contribution in [1.82, 2.24) is 4.98 Å². The molecule has 0 spiro atoms. The lowest BCUT2D eigenvalue weighted by molar-refractivity contribution is 0.234. The van der Waals surface area contributed by atoms with E-state index in [0.29, 0.717) is 11.6 Å². The SMILES string of the molecule is CC(C)Oc1nc(NCC2CCSC2)ccc1N. The number of nitrogens with two attached hydrogens (primary N) is 1. The summed E-state index contributed by atoms with van der Waals surface area (Å²) in [5.41, 5.74) is 6.43. The summed E-state index contributed by atoms with van der Waals surface area (Å²) >= 11 is 2.03. The highest BCUT2D eigenvalue weighted by Gasteiger charge is 2.15. The number of aromatic nitrogens is 1. The van der Waals surface area contributed by atoms with Crippen LogP contribution in [0.4, 0.5) is 11.5 Å². The quantitative estimate of drug-likeness (QED) is 0.858. The van der Waals surface area contributed by atoms with Gasteiger partial charge in [-0.3, -0.25) is 0 Å². The fraction of sp³-hybridized carbons (Fsp3) is 0.615. The van der Waals surface area contributed by atoms with E-state index in [1.807, 2.05) is 37.7 Å². The van der Waals surface area contributed by atoms with Crippen molar-refractivity contribution in [3.63, 3.8) is 0 Å². The van der Waals surface area contributed by atoms with Crippen molar-refractivity contribution in [2.45, 2.75) is 26.4 Å². The van der Waals surface area contributed by atoms with E-state index in [-0.39, 0.29) is 6.10 Å². The molecular weight excluding hydrogens is 246 g/mol. The standard InChI is InChI=1S/C13H21N3OS/c1-9(2)17-13-11(14)3-4-12(16-13)15-7-10-5-6-18-8-10/h3-4,9-10H,5-8,14H2,1-2H3,(H,15,16). The Hall–Kier alpha value is -1.10. The molecule has 2 heterocycles. The van der Waals surface area contributed by atoms with Crippen molar-refractivity contribution in [3.8, 4) is 5.88 Å². The smallest absolute Gasteiger partial charge is 0.239 e. The molecule has 1 aliphatic heterocycles. The molecule has 1 saturated heterocycles. The Morgan fingerprint density at radius 3 is 3.06 bits per heavy atom. The lowest BCUT2D eigenvalue weighted by Crippen LogP contribution is -2.15. The van der Waals surface area contributed by atoms with Crippen molar-refractivity contribution < 1.29 is 4.74 Å². The van der Waals surface area contributed by atoms with E-state index in [1.165, 1.54) is 17.9 Å². The van der Waals surface area contributed by atoms with Gasteiger partial charge in [0.25, 0.3) is 0 Å². The molecule has 1 aliphatic rings. The fourth-order valence-corrected chi connectivity index (χ4v) is 3.15. The average molecular weight is 267 g/mol. The van der Waals surface area contributed by atoms with E-state index < -0.39 is 0 Å². The molecule has 0 bridgehead atoms. The average Bonchev–Trinajstić information content (AvgIpc) is 2.82. The van der Waals surface area contributed by atoms with Gasteiger partial charge < -0.3 is 15.8 Å². The van der Waals surface area contributed by atoms with E-state index in [4.69, 9.17) is 10.5 Å². The van der Waals surface area contributed by atoms with Crippen LogP contribution in [0.25, 0.3) is 0 Å². The normalized spacial score (nSPS) is 19.2. The van der Waals surface area contributed by atoms with Gasteiger partial charge in [0.1, 0.15) is 5.82 Å². The maximum absolute atomic E-state index is 5.84. The molecule has 0 aliphatic carbocycles. The number of anilines is 2. The molecule has 0 amide bonds. The minimum absolute atomic E-state index is 0.0845. The third kappa shape index (κ3) is 3.70. The molecular formula is C13H21N3OS. The van der Waals surface area contributed by atoms with Gasteiger partial charge in [0, 0.05) is 6.54 Å². The number of nitrogens with zero attached hydrogens (tertiary/aromatic N) is 1. The third-order valence-corrected chi connectivity index (χ3v) is 4.06. The lowest BCUT2D eigenvalue weighted by Gasteiger charge is -2.14. The number of rotatable bonds is 5. The fourth-order valence-electron chi connectivity index (χ4n) is 1.86. The molecule has 1 fully saturated rings. The molecule has 1 atom stereocenters. The van der Waals surface area contributed by atoms with Crippen molar-refractivity contribution in [3.05, 3.63) is 12.1 Å². The Kier molecular flexibility index (Phi) is 4.58. The first-order valence-corrected chi connectivity index (χ1v) is 7.55. The first-order valence-electron chi connectivity index (χ1n) is 6.40. The molecule has 1 aromatic rings. The van der Waals surface area contributed by atoms with Crippen molar-refractivity contribution in [1.29, 1.82) is 0 Å². The summed E-state index contributed by atoms with van der Waals surface area (Å²) in [4.78, 5) is 4.41. The summed E-state index contributed by atoms with van der Waals surface area (Å²) in [6.07, 6.45) is 1.38. The van der Waals surface area contributed by atoms with Crippen LogP contribution in [0.2, 0.25) is 0 Å². The van der Waals surface area contributed by atoms with Crippen LogP contribution in [0.3, 0.4) is 0 Å². The number of hydrogen-bond donors (Lipinski definition) is 2. The highest BCUT2D eigenvalue weighted by atomic mass is 32.2. The number of thioether (sulfide) groups is 1. The Balaban J connectivity index is 1.95. The number of nitrogen functional groups attached to an aromatic ring is 1. The minimum atomic E-state index is 0.0845. The highest BCUT2D eigenvalue weighted by Crippen LogP contribution is 2.25. The predicted octanol–water partition coefficient (Wildman–Crippen LogP) is 2.62. The molecule has 100 valence electrons. The Morgan fingerprint density at radius 1 is 1.56 bits per heavy atom. The predicted molar refractivity (Wildman–Crippen MR) is 78.3 cm³/mol. The zero-order chi connectivity index (χ0) is 13.0. The van der Waals surface area contributed by atoms with Crippen LogP contribution in [0.1, 0.15) is 20.3 Å². The van der Waals surface area contributed by atoms with Crippen molar-refractivity contribution in [2.75, 3.05) is 29.1 Å². The van der Waals surface area contributed by atoms with Crippen LogP contribution >= 0.6 is 11.8 Å². The number of hydrogen-bond acceptors (Lipinski definition) is 5. The molecule has 0 radical (unpaired) electrons. The third-order valence-electron chi connectivity index (χ3n) is 2.83. The number of ether oxygens (including phenoxy) is 1. The van der Waals surface area contributed by atoms with Gasteiger partial charge in [-0.25, -0.2) is 0 Å². The molecule has 0 saturated carbocycles. The van der Waals surface area contributed by atoms with E-state index >= 15 is 0 Å². The van der Waals surface area contributed by atoms with Gasteiger partial charge in [-0.1, -0.05) is 0 Å². The second-order valence-corrected chi connectivity index (χ2v) is 6.02. The zero-order valence-corrected chi connectivity index (χ0v) is 11.8. The topological polar surface area (TPSA) is 60.2 Å². The maximum atomic E-state index is 5.84. The van der Waals surface area contributed by atoms with Crippen LogP contribution in [0.5, 0.6) is 5.88 Å². The lowest BCUT2D eigenvalue weighted by atomic mass is 10.1. The highest BCUT2D eigenvalue weighted by molar-refractivity contribution is 7.99. The molecule has 2 rings (SSSR count). The van der Waals surface area contributed by atoms with Gasteiger partial charge in [-0.05, 0) is 49.8 Å². The molecule has 1 unspecified atom stereocenters. The van der Waals surface area contributed by atoms with Crippen LogP contribution < -0.4 is 15.8 Å². The summed E-state index contributed by atoms with van der Waals surface area (Å²) in [6, 6.07) is 3.75. The van der Waals surface area contributed by atoms with Gasteiger partial charge in [0.05, 0.1) is 11.8 Å². The van der Waals surface area contributed by atoms with Crippen LogP contribution in [-0.4, -0.2) is 29.1 Å². The second-order valence-electron chi connectivity index (χ2n) is 4.87.